The maximum atomic E-state index is 12.4. The number of carbonyl (C=O) groups excluding carboxylic acids is 1. The summed E-state index contributed by atoms with van der Waals surface area (Å²) in [4.78, 5) is 25.6. The molecule has 1 unspecified atom stereocenters. The van der Waals surface area contributed by atoms with Crippen molar-refractivity contribution >= 4 is 12.1 Å². The van der Waals surface area contributed by atoms with Crippen LogP contribution in [-0.2, 0) is 16.1 Å². The Balaban J connectivity index is 1.68. The zero-order valence-electron chi connectivity index (χ0n) is 13.1. The summed E-state index contributed by atoms with van der Waals surface area (Å²) in [5, 5.41) is 9.68. The highest BCUT2D eigenvalue weighted by Crippen LogP contribution is 2.48. The van der Waals surface area contributed by atoms with Crippen LogP contribution < -0.4 is 0 Å². The van der Waals surface area contributed by atoms with Gasteiger partial charge in [-0.15, -0.1) is 0 Å². The Bertz CT molecular complexity index is 566. The molecule has 1 aromatic rings. The van der Waals surface area contributed by atoms with Gasteiger partial charge < -0.3 is 9.84 Å². The molecule has 1 amide bonds. The molecule has 3 rings (SSSR count). The molecule has 123 valence electrons. The summed E-state index contributed by atoms with van der Waals surface area (Å²) in [5.74, 6) is -0.916. The molecule has 2 fully saturated rings. The third-order valence-electron chi connectivity index (χ3n) is 5.11. The topological polar surface area (TPSA) is 66.8 Å². The van der Waals surface area contributed by atoms with E-state index in [0.717, 1.165) is 37.7 Å². The Hall–Kier alpha value is -2.04. The molecule has 23 heavy (non-hydrogen) atoms. The highest BCUT2D eigenvalue weighted by Gasteiger charge is 2.53. The Kier molecular flexibility index (Phi) is 4.55. The standard InChI is InChI=1S/C18H22NO4/c20-16(21)15-18(9-5-2-6-10-18)11-12-19(15)17(22)23-13-14-7-3-1-4-8-14/h1-4,7-8,15H,5-6,9-13H2,(H,20,21). The number of hydrogen-bond donors (Lipinski definition) is 1. The molecule has 1 N–H and O–H groups in total. The number of likely N-dealkylation sites (tertiary alicyclic amines) is 1. The monoisotopic (exact) mass is 316 g/mol. The zero-order chi connectivity index (χ0) is 16.3. The highest BCUT2D eigenvalue weighted by molar-refractivity contribution is 5.82. The molecule has 0 aromatic heterocycles. The van der Waals surface area contributed by atoms with Gasteiger partial charge >= 0.3 is 12.1 Å². The second-order valence-electron chi connectivity index (χ2n) is 6.45. The maximum Gasteiger partial charge on any atom is 0.410 e. The van der Waals surface area contributed by atoms with Gasteiger partial charge in [-0.2, -0.15) is 0 Å². The predicted molar refractivity (Wildman–Crippen MR) is 84.6 cm³/mol. The Labute approximate surface area is 136 Å². The van der Waals surface area contributed by atoms with Crippen molar-refractivity contribution < 1.29 is 19.4 Å². The van der Waals surface area contributed by atoms with Crippen LogP contribution >= 0.6 is 0 Å². The molecular weight excluding hydrogens is 294 g/mol. The van der Waals surface area contributed by atoms with Crippen molar-refractivity contribution in [3.63, 3.8) is 0 Å². The van der Waals surface area contributed by atoms with E-state index < -0.39 is 18.1 Å². The lowest BCUT2D eigenvalue weighted by Gasteiger charge is -2.38. The quantitative estimate of drug-likeness (QED) is 0.929. The molecule has 1 radical (unpaired) electrons. The molecule has 5 nitrogen and oxygen atoms in total. The number of ether oxygens (including phenoxy) is 1. The summed E-state index contributed by atoms with van der Waals surface area (Å²) in [7, 11) is 0. The van der Waals surface area contributed by atoms with Crippen LogP contribution in [0.15, 0.2) is 30.3 Å². The van der Waals surface area contributed by atoms with Gasteiger partial charge in [-0.25, -0.2) is 9.59 Å². The number of hydrogen-bond acceptors (Lipinski definition) is 3. The maximum absolute atomic E-state index is 12.4. The van der Waals surface area contributed by atoms with E-state index >= 15 is 0 Å². The summed E-state index contributed by atoms with van der Waals surface area (Å²) in [5.41, 5.74) is 0.612. The minimum atomic E-state index is -0.916. The lowest BCUT2D eigenvalue weighted by Crippen LogP contribution is -2.49. The van der Waals surface area contributed by atoms with Crippen molar-refractivity contribution in [1.82, 2.24) is 4.90 Å². The molecule has 1 heterocycles. The fourth-order valence-corrected chi connectivity index (χ4v) is 3.91. The van der Waals surface area contributed by atoms with Gasteiger partial charge in [0.05, 0.1) is 0 Å². The van der Waals surface area contributed by atoms with Crippen LogP contribution in [0.4, 0.5) is 4.79 Å². The molecule has 1 aliphatic heterocycles. The van der Waals surface area contributed by atoms with E-state index in [4.69, 9.17) is 4.74 Å². The average Bonchev–Trinajstić information content (AvgIpc) is 2.93. The van der Waals surface area contributed by atoms with Crippen LogP contribution in [0.25, 0.3) is 0 Å². The molecule has 0 bridgehead atoms. The number of amides is 1. The summed E-state index contributed by atoms with van der Waals surface area (Å²) in [6.45, 7) is 0.633. The first-order chi connectivity index (χ1) is 11.1. The number of carboxylic acids is 1. The van der Waals surface area contributed by atoms with Gasteiger partial charge in [-0.3, -0.25) is 4.90 Å². The smallest absolute Gasteiger partial charge is 0.410 e. The van der Waals surface area contributed by atoms with Gasteiger partial charge in [0.15, 0.2) is 0 Å². The Morgan fingerprint density at radius 1 is 1.17 bits per heavy atom. The van der Waals surface area contributed by atoms with Crippen LogP contribution in [0.1, 0.15) is 37.7 Å². The minimum Gasteiger partial charge on any atom is -0.480 e. The molecule has 5 heteroatoms. The normalized spacial score (nSPS) is 23.0. The third kappa shape index (κ3) is 3.19. The van der Waals surface area contributed by atoms with Crippen LogP contribution in [-0.4, -0.2) is 34.7 Å². The van der Waals surface area contributed by atoms with Gasteiger partial charge in [0, 0.05) is 12.0 Å². The van der Waals surface area contributed by atoms with Crippen molar-refractivity contribution in [2.45, 2.75) is 44.8 Å². The van der Waals surface area contributed by atoms with Gasteiger partial charge in [-0.05, 0) is 44.1 Å². The minimum absolute atomic E-state index is 0.170. The van der Waals surface area contributed by atoms with Gasteiger partial charge in [0.1, 0.15) is 12.6 Å². The van der Waals surface area contributed by atoms with Crippen LogP contribution in [0.3, 0.4) is 0 Å². The number of carbonyl (C=O) groups is 2. The van der Waals surface area contributed by atoms with Crippen molar-refractivity contribution in [3.05, 3.63) is 42.3 Å². The van der Waals surface area contributed by atoms with Gasteiger partial charge in [0.25, 0.3) is 0 Å². The lowest BCUT2D eigenvalue weighted by atomic mass is 9.69. The molecule has 1 spiro atoms. The lowest BCUT2D eigenvalue weighted by molar-refractivity contribution is -0.146. The van der Waals surface area contributed by atoms with E-state index in [2.05, 4.69) is 6.42 Å². The average molecular weight is 316 g/mol. The summed E-state index contributed by atoms with van der Waals surface area (Å²) in [6.07, 6.45) is 5.97. The van der Waals surface area contributed by atoms with Crippen LogP contribution in [0.2, 0.25) is 0 Å². The molecule has 1 saturated carbocycles. The molecule has 1 aliphatic carbocycles. The van der Waals surface area contributed by atoms with E-state index in [1.54, 1.807) is 0 Å². The third-order valence-corrected chi connectivity index (χ3v) is 5.11. The predicted octanol–water partition coefficient (Wildman–Crippen LogP) is 3.25. The number of aliphatic carboxylic acids is 1. The number of rotatable bonds is 3. The summed E-state index contributed by atoms with van der Waals surface area (Å²) in [6, 6.07) is 8.66. The van der Waals surface area contributed by atoms with Crippen LogP contribution in [0, 0.1) is 11.8 Å². The first kappa shape index (κ1) is 15.8. The highest BCUT2D eigenvalue weighted by atomic mass is 16.6. The van der Waals surface area contributed by atoms with Gasteiger partial charge in [-0.1, -0.05) is 30.3 Å². The number of benzene rings is 1. The van der Waals surface area contributed by atoms with Crippen molar-refractivity contribution in [2.24, 2.45) is 5.41 Å². The van der Waals surface area contributed by atoms with E-state index in [-0.39, 0.29) is 12.0 Å². The van der Waals surface area contributed by atoms with E-state index in [9.17, 15) is 14.7 Å². The second-order valence-corrected chi connectivity index (χ2v) is 6.45. The van der Waals surface area contributed by atoms with E-state index in [1.807, 2.05) is 30.3 Å². The van der Waals surface area contributed by atoms with Crippen LogP contribution in [0.5, 0.6) is 0 Å². The van der Waals surface area contributed by atoms with Crippen molar-refractivity contribution in [3.8, 4) is 0 Å². The Morgan fingerprint density at radius 3 is 2.52 bits per heavy atom. The van der Waals surface area contributed by atoms with E-state index in [1.165, 1.54) is 4.90 Å². The number of carboxylic acid groups (broad SMARTS) is 1. The fourth-order valence-electron chi connectivity index (χ4n) is 3.91. The first-order valence-electron chi connectivity index (χ1n) is 8.14. The summed E-state index contributed by atoms with van der Waals surface area (Å²) < 4.78 is 5.34. The molecule has 1 saturated heterocycles. The van der Waals surface area contributed by atoms with Gasteiger partial charge in [0.2, 0.25) is 0 Å². The molecule has 1 atom stereocenters. The molecule has 2 aliphatic rings. The molecular formula is C18H22NO4. The second kappa shape index (κ2) is 6.60. The fraction of sp³-hybridized carbons (Fsp3) is 0.500. The zero-order valence-corrected chi connectivity index (χ0v) is 13.1. The SMILES string of the molecule is O=C(O)C1N(C(=O)OCc2ccccc2)CCC12CC[CH]CC2. The first-order valence-corrected chi connectivity index (χ1v) is 8.14. The largest absolute Gasteiger partial charge is 0.480 e. The Morgan fingerprint density at radius 2 is 1.87 bits per heavy atom. The number of nitrogens with zero attached hydrogens (tertiary/aromatic N) is 1. The summed E-state index contributed by atoms with van der Waals surface area (Å²) >= 11 is 0. The van der Waals surface area contributed by atoms with Crippen molar-refractivity contribution in [1.29, 1.82) is 0 Å². The molecule has 1 aromatic carbocycles. The van der Waals surface area contributed by atoms with E-state index in [0.29, 0.717) is 6.54 Å². The van der Waals surface area contributed by atoms with Crippen molar-refractivity contribution in [2.75, 3.05) is 6.54 Å².